The van der Waals surface area contributed by atoms with E-state index >= 15 is 0 Å². The highest BCUT2D eigenvalue weighted by Crippen LogP contribution is 2.25. The van der Waals surface area contributed by atoms with Gasteiger partial charge in [0.15, 0.2) is 5.69 Å². The van der Waals surface area contributed by atoms with Crippen molar-refractivity contribution in [2.45, 2.75) is 18.9 Å². The molecule has 2 N–H and O–H groups in total. The molecular weight excluding hydrogens is 254 g/mol. The first-order valence-electron chi connectivity index (χ1n) is 6.46. The van der Waals surface area contributed by atoms with Gasteiger partial charge < -0.3 is 10.6 Å². The number of carbonyl (C=O) groups is 1. The van der Waals surface area contributed by atoms with Gasteiger partial charge in [0.2, 0.25) is 5.91 Å². The second kappa shape index (κ2) is 5.13. The molecule has 0 spiro atoms. The third-order valence-electron chi connectivity index (χ3n) is 3.39. The van der Waals surface area contributed by atoms with Crippen LogP contribution < -0.4 is 10.6 Å². The van der Waals surface area contributed by atoms with E-state index in [2.05, 4.69) is 26.9 Å². The zero-order valence-electron chi connectivity index (χ0n) is 10.8. The molecule has 20 heavy (non-hydrogen) atoms. The lowest BCUT2D eigenvalue weighted by Gasteiger charge is -2.25. The highest BCUT2D eigenvalue weighted by Gasteiger charge is 2.20. The Morgan fingerprint density at radius 1 is 1.35 bits per heavy atom. The Hall–Kier alpha value is -2.68. The molecule has 0 radical (unpaired) electrons. The summed E-state index contributed by atoms with van der Waals surface area (Å²) in [6.07, 6.45) is 1.24. The van der Waals surface area contributed by atoms with Crippen molar-refractivity contribution in [2.75, 3.05) is 11.9 Å². The maximum Gasteiger partial charge on any atom is 0.220 e. The van der Waals surface area contributed by atoms with Crippen molar-refractivity contribution < 1.29 is 4.79 Å². The molecule has 100 valence electrons. The Balaban J connectivity index is 1.97. The summed E-state index contributed by atoms with van der Waals surface area (Å²) in [6, 6.07) is 9.72. The van der Waals surface area contributed by atoms with Gasteiger partial charge in [0.25, 0.3) is 0 Å². The van der Waals surface area contributed by atoms with E-state index in [0.717, 1.165) is 17.3 Å². The summed E-state index contributed by atoms with van der Waals surface area (Å²) in [7, 11) is 0. The lowest BCUT2D eigenvalue weighted by Crippen LogP contribution is -2.42. The van der Waals surface area contributed by atoms with Crippen LogP contribution in [-0.4, -0.2) is 28.7 Å². The molecule has 1 fully saturated rings. The Morgan fingerprint density at radius 3 is 2.95 bits per heavy atom. The predicted octanol–water partition coefficient (Wildman–Crippen LogP) is 1.19. The van der Waals surface area contributed by atoms with Crippen molar-refractivity contribution in [2.24, 2.45) is 0 Å². The summed E-state index contributed by atoms with van der Waals surface area (Å²) in [5.74, 6) is 0.0706. The molecule has 6 nitrogen and oxygen atoms in total. The van der Waals surface area contributed by atoms with E-state index < -0.39 is 0 Å². The van der Waals surface area contributed by atoms with Gasteiger partial charge in [-0.1, -0.05) is 18.2 Å². The monoisotopic (exact) mass is 267 g/mol. The van der Waals surface area contributed by atoms with Gasteiger partial charge in [-0.3, -0.25) is 4.79 Å². The number of benzene rings is 1. The average molecular weight is 267 g/mol. The highest BCUT2D eigenvalue weighted by atomic mass is 16.1. The molecule has 2 heterocycles. The first kappa shape index (κ1) is 12.4. The second-order valence-electron chi connectivity index (χ2n) is 4.74. The van der Waals surface area contributed by atoms with Crippen LogP contribution in [0.25, 0.3) is 10.9 Å². The zero-order valence-corrected chi connectivity index (χ0v) is 10.8. The predicted molar refractivity (Wildman–Crippen MR) is 73.9 cm³/mol. The van der Waals surface area contributed by atoms with E-state index in [9.17, 15) is 10.1 Å². The van der Waals surface area contributed by atoms with Gasteiger partial charge >= 0.3 is 0 Å². The fraction of sp³-hybridized carbons (Fsp3) is 0.286. The number of nitrogens with one attached hydrogen (secondary N) is 2. The number of nitrogens with zero attached hydrogens (tertiary/aromatic N) is 3. The third-order valence-corrected chi connectivity index (χ3v) is 3.39. The molecule has 6 heteroatoms. The maximum absolute atomic E-state index is 11.2. The Morgan fingerprint density at radius 2 is 2.20 bits per heavy atom. The molecule has 1 atom stereocenters. The summed E-state index contributed by atoms with van der Waals surface area (Å²) in [5, 5.41) is 24.2. The molecule has 1 amide bonds. The number of rotatable bonds is 2. The summed E-state index contributed by atoms with van der Waals surface area (Å²) in [5.41, 5.74) is 1.72. The Bertz CT molecular complexity index is 696. The van der Waals surface area contributed by atoms with E-state index in [4.69, 9.17) is 0 Å². The number of amides is 1. The van der Waals surface area contributed by atoms with Gasteiger partial charge in [0, 0.05) is 24.4 Å². The topological polar surface area (TPSA) is 90.7 Å². The van der Waals surface area contributed by atoms with E-state index in [1.165, 1.54) is 0 Å². The van der Waals surface area contributed by atoms with Crippen LogP contribution in [0.5, 0.6) is 0 Å². The molecule has 0 saturated carbocycles. The van der Waals surface area contributed by atoms with Crippen molar-refractivity contribution >= 4 is 22.5 Å². The van der Waals surface area contributed by atoms with Gasteiger partial charge in [-0.25, -0.2) is 0 Å². The van der Waals surface area contributed by atoms with Gasteiger partial charge in [0.1, 0.15) is 6.07 Å². The molecule has 3 rings (SSSR count). The van der Waals surface area contributed by atoms with E-state index in [-0.39, 0.29) is 17.6 Å². The van der Waals surface area contributed by atoms with Crippen LogP contribution in [0, 0.1) is 11.3 Å². The van der Waals surface area contributed by atoms with Crippen LogP contribution in [0.2, 0.25) is 0 Å². The van der Waals surface area contributed by atoms with Crippen molar-refractivity contribution in [3.63, 3.8) is 0 Å². The molecule has 0 aliphatic carbocycles. The molecule has 2 aromatic rings. The summed E-state index contributed by atoms with van der Waals surface area (Å²) >= 11 is 0. The minimum Gasteiger partial charge on any atom is -0.378 e. The van der Waals surface area contributed by atoms with Crippen molar-refractivity contribution in [1.29, 1.82) is 5.26 Å². The van der Waals surface area contributed by atoms with E-state index in [0.29, 0.717) is 18.7 Å². The second-order valence-corrected chi connectivity index (χ2v) is 4.74. The number of piperidine rings is 1. The SMILES string of the molecule is N#Cc1nnc2ccccc2c1NC1CCC(=O)NC1. The highest BCUT2D eigenvalue weighted by molar-refractivity contribution is 5.93. The number of hydrogen-bond acceptors (Lipinski definition) is 5. The molecule has 1 aromatic carbocycles. The van der Waals surface area contributed by atoms with Crippen molar-refractivity contribution in [3.05, 3.63) is 30.0 Å². The van der Waals surface area contributed by atoms with E-state index in [1.807, 2.05) is 24.3 Å². The van der Waals surface area contributed by atoms with Gasteiger partial charge in [-0.15, -0.1) is 10.2 Å². The minimum absolute atomic E-state index is 0.0706. The van der Waals surface area contributed by atoms with Gasteiger partial charge in [0.05, 0.1) is 11.2 Å². The zero-order chi connectivity index (χ0) is 13.9. The summed E-state index contributed by atoms with van der Waals surface area (Å²) in [4.78, 5) is 11.2. The molecule has 0 bridgehead atoms. The van der Waals surface area contributed by atoms with Crippen molar-refractivity contribution in [3.8, 4) is 6.07 Å². The quantitative estimate of drug-likeness (QED) is 0.853. The number of fused-ring (bicyclic) bond motifs is 1. The number of aromatic nitrogens is 2. The van der Waals surface area contributed by atoms with Crippen LogP contribution in [-0.2, 0) is 4.79 Å². The number of carbonyl (C=O) groups excluding carboxylic acids is 1. The van der Waals surface area contributed by atoms with Crippen LogP contribution in [0.4, 0.5) is 5.69 Å². The van der Waals surface area contributed by atoms with Gasteiger partial charge in [-0.05, 0) is 12.5 Å². The normalized spacial score (nSPS) is 18.4. The largest absolute Gasteiger partial charge is 0.378 e. The lowest BCUT2D eigenvalue weighted by atomic mass is 10.1. The van der Waals surface area contributed by atoms with Crippen LogP contribution >= 0.6 is 0 Å². The standard InChI is InChI=1S/C14H13N5O/c15-7-12-14(17-9-5-6-13(20)16-8-9)10-3-1-2-4-11(10)18-19-12/h1-4,9H,5-6,8H2,(H,16,20)(H,17,18). The lowest BCUT2D eigenvalue weighted by molar-refractivity contribution is -0.122. The molecule has 1 aliphatic rings. The number of anilines is 1. The third kappa shape index (κ3) is 2.26. The Labute approximate surface area is 115 Å². The molecule has 1 aromatic heterocycles. The average Bonchev–Trinajstić information content (AvgIpc) is 2.50. The fourth-order valence-electron chi connectivity index (χ4n) is 2.34. The molecule has 1 aliphatic heterocycles. The molecule has 1 unspecified atom stereocenters. The van der Waals surface area contributed by atoms with Crippen LogP contribution in [0.15, 0.2) is 24.3 Å². The van der Waals surface area contributed by atoms with E-state index in [1.54, 1.807) is 0 Å². The molecular formula is C14H13N5O. The smallest absolute Gasteiger partial charge is 0.220 e. The first-order chi connectivity index (χ1) is 9.78. The fourth-order valence-corrected chi connectivity index (χ4v) is 2.34. The van der Waals surface area contributed by atoms with Crippen molar-refractivity contribution in [1.82, 2.24) is 15.5 Å². The molecule has 1 saturated heterocycles. The van der Waals surface area contributed by atoms with Crippen LogP contribution in [0.1, 0.15) is 18.5 Å². The summed E-state index contributed by atoms with van der Waals surface area (Å²) < 4.78 is 0. The number of hydrogen-bond donors (Lipinski definition) is 2. The number of nitriles is 1. The maximum atomic E-state index is 11.2. The Kier molecular flexibility index (Phi) is 3.17. The van der Waals surface area contributed by atoms with Gasteiger partial charge in [-0.2, -0.15) is 5.26 Å². The van der Waals surface area contributed by atoms with Crippen LogP contribution in [0.3, 0.4) is 0 Å². The minimum atomic E-state index is 0.0706. The first-order valence-corrected chi connectivity index (χ1v) is 6.46. The summed E-state index contributed by atoms with van der Waals surface area (Å²) in [6.45, 7) is 0.556.